The summed E-state index contributed by atoms with van der Waals surface area (Å²) in [6.45, 7) is 5.66. The van der Waals surface area contributed by atoms with Crippen molar-refractivity contribution in [3.05, 3.63) is 53.5 Å². The quantitative estimate of drug-likeness (QED) is 0.685. The zero-order valence-electron chi connectivity index (χ0n) is 19.6. The SMILES string of the molecule is C[C@H](CO)N1C[C@H](C)[C@@H](CN(C)Cc2ccccn2)Oc2ncc(C#CC3CC3)cc2C1=O. The van der Waals surface area contributed by atoms with E-state index in [2.05, 4.69) is 33.6 Å². The molecule has 4 rings (SSSR count). The number of aromatic nitrogens is 2. The first-order chi connectivity index (χ1) is 15.9. The number of aliphatic hydroxyl groups excluding tert-OH is 1. The molecule has 7 heteroatoms. The second kappa shape index (κ2) is 10.3. The molecular weight excluding hydrogens is 416 g/mol. The molecule has 33 heavy (non-hydrogen) atoms. The van der Waals surface area contributed by atoms with Crippen LogP contribution >= 0.6 is 0 Å². The van der Waals surface area contributed by atoms with Crippen molar-refractivity contribution < 1.29 is 14.6 Å². The summed E-state index contributed by atoms with van der Waals surface area (Å²) in [7, 11) is 2.04. The Kier molecular flexibility index (Phi) is 7.26. The Morgan fingerprint density at radius 3 is 2.85 bits per heavy atom. The molecule has 0 spiro atoms. The number of rotatable bonds is 6. The lowest BCUT2D eigenvalue weighted by atomic mass is 10.00. The highest BCUT2D eigenvalue weighted by atomic mass is 16.5. The van der Waals surface area contributed by atoms with Gasteiger partial charge in [0.05, 0.1) is 18.3 Å². The molecular formula is C26H32N4O3. The van der Waals surface area contributed by atoms with Crippen LogP contribution in [0.15, 0.2) is 36.7 Å². The Morgan fingerprint density at radius 2 is 2.15 bits per heavy atom. The fourth-order valence-corrected chi connectivity index (χ4v) is 3.94. The Balaban J connectivity index is 1.60. The van der Waals surface area contributed by atoms with E-state index in [4.69, 9.17) is 4.74 Å². The lowest BCUT2D eigenvalue weighted by Crippen LogP contribution is -2.49. The molecule has 2 aliphatic rings. The minimum Gasteiger partial charge on any atom is -0.472 e. The van der Waals surface area contributed by atoms with E-state index in [1.165, 1.54) is 0 Å². The fraction of sp³-hybridized carbons (Fsp3) is 0.500. The van der Waals surface area contributed by atoms with Gasteiger partial charge in [-0.3, -0.25) is 14.7 Å². The first-order valence-electron chi connectivity index (χ1n) is 11.6. The molecule has 1 fully saturated rings. The second-order valence-electron chi connectivity index (χ2n) is 9.26. The second-order valence-corrected chi connectivity index (χ2v) is 9.26. The van der Waals surface area contributed by atoms with Crippen molar-refractivity contribution in [3.63, 3.8) is 0 Å². The molecule has 7 nitrogen and oxygen atoms in total. The minimum absolute atomic E-state index is 0.0402. The van der Waals surface area contributed by atoms with E-state index >= 15 is 0 Å². The number of ether oxygens (including phenoxy) is 1. The lowest BCUT2D eigenvalue weighted by molar-refractivity contribution is 0.0324. The predicted octanol–water partition coefficient (Wildman–Crippen LogP) is 2.59. The Bertz CT molecular complexity index is 1030. The van der Waals surface area contributed by atoms with Gasteiger partial charge < -0.3 is 14.7 Å². The number of hydrogen-bond acceptors (Lipinski definition) is 6. The van der Waals surface area contributed by atoms with E-state index < -0.39 is 0 Å². The summed E-state index contributed by atoms with van der Waals surface area (Å²) in [4.78, 5) is 26.3. The predicted molar refractivity (Wildman–Crippen MR) is 126 cm³/mol. The fourth-order valence-electron chi connectivity index (χ4n) is 3.94. The number of likely N-dealkylation sites (N-methyl/N-ethyl adjacent to an activating group) is 1. The number of nitrogens with zero attached hydrogens (tertiary/aromatic N) is 4. The van der Waals surface area contributed by atoms with Crippen molar-refractivity contribution in [2.45, 2.75) is 45.4 Å². The number of carbonyl (C=O) groups excluding carboxylic acids is 1. The molecule has 3 heterocycles. The zero-order valence-corrected chi connectivity index (χ0v) is 19.6. The van der Waals surface area contributed by atoms with E-state index in [-0.39, 0.29) is 30.6 Å². The van der Waals surface area contributed by atoms with Crippen LogP contribution in [0, 0.1) is 23.7 Å². The summed E-state index contributed by atoms with van der Waals surface area (Å²) < 4.78 is 6.35. The van der Waals surface area contributed by atoms with Gasteiger partial charge in [-0.1, -0.05) is 24.8 Å². The van der Waals surface area contributed by atoms with Gasteiger partial charge in [-0.05, 0) is 45.0 Å². The van der Waals surface area contributed by atoms with Crippen molar-refractivity contribution in [1.82, 2.24) is 19.8 Å². The van der Waals surface area contributed by atoms with E-state index in [1.54, 1.807) is 23.4 Å². The first-order valence-corrected chi connectivity index (χ1v) is 11.6. The van der Waals surface area contributed by atoms with Gasteiger partial charge in [0.15, 0.2) is 0 Å². The molecule has 0 bridgehead atoms. The molecule has 3 atom stereocenters. The van der Waals surface area contributed by atoms with Crippen LogP contribution in [0.25, 0.3) is 0 Å². The van der Waals surface area contributed by atoms with Crippen LogP contribution in [-0.2, 0) is 6.54 Å². The number of aliphatic hydroxyl groups is 1. The summed E-state index contributed by atoms with van der Waals surface area (Å²) in [5.74, 6) is 7.02. The number of hydrogen-bond donors (Lipinski definition) is 1. The van der Waals surface area contributed by atoms with Gasteiger partial charge in [-0.15, -0.1) is 0 Å². The Labute approximate surface area is 195 Å². The van der Waals surface area contributed by atoms with Gasteiger partial charge in [0.2, 0.25) is 5.88 Å². The van der Waals surface area contributed by atoms with Gasteiger partial charge in [0.1, 0.15) is 11.7 Å². The van der Waals surface area contributed by atoms with Gasteiger partial charge in [0.25, 0.3) is 5.91 Å². The largest absolute Gasteiger partial charge is 0.472 e. The first kappa shape index (κ1) is 23.2. The molecule has 2 aromatic heterocycles. The summed E-state index contributed by atoms with van der Waals surface area (Å²) in [5.41, 5.74) is 2.11. The Hall–Kier alpha value is -2.95. The normalized spacial score (nSPS) is 21.4. The monoisotopic (exact) mass is 448 g/mol. The average Bonchev–Trinajstić information content (AvgIpc) is 3.65. The molecule has 0 aromatic carbocycles. The lowest BCUT2D eigenvalue weighted by Gasteiger charge is -2.37. The molecule has 0 saturated heterocycles. The third kappa shape index (κ3) is 5.89. The van der Waals surface area contributed by atoms with Crippen LogP contribution in [0.3, 0.4) is 0 Å². The third-order valence-corrected chi connectivity index (χ3v) is 6.17. The highest BCUT2D eigenvalue weighted by Gasteiger charge is 2.34. The van der Waals surface area contributed by atoms with Crippen LogP contribution < -0.4 is 4.74 Å². The zero-order chi connectivity index (χ0) is 23.4. The maximum absolute atomic E-state index is 13.4. The number of fused-ring (bicyclic) bond motifs is 1. The molecule has 0 radical (unpaired) electrons. The summed E-state index contributed by atoms with van der Waals surface area (Å²) in [6.07, 6.45) is 5.57. The molecule has 1 amide bonds. The summed E-state index contributed by atoms with van der Waals surface area (Å²) in [5, 5.41) is 9.81. The van der Waals surface area contributed by atoms with E-state index in [0.717, 1.165) is 18.5 Å². The van der Waals surface area contributed by atoms with Gasteiger partial charge in [-0.2, -0.15) is 0 Å². The van der Waals surface area contributed by atoms with Crippen LogP contribution in [-0.4, -0.2) is 69.7 Å². The van der Waals surface area contributed by atoms with Crippen LogP contribution in [0.5, 0.6) is 5.88 Å². The van der Waals surface area contributed by atoms with Crippen LogP contribution in [0.2, 0.25) is 0 Å². The van der Waals surface area contributed by atoms with Crippen molar-refractivity contribution in [2.24, 2.45) is 11.8 Å². The van der Waals surface area contributed by atoms with Crippen molar-refractivity contribution >= 4 is 5.91 Å². The highest BCUT2D eigenvalue weighted by molar-refractivity contribution is 5.97. The summed E-state index contributed by atoms with van der Waals surface area (Å²) >= 11 is 0. The average molecular weight is 449 g/mol. The van der Waals surface area contributed by atoms with Crippen molar-refractivity contribution in [2.75, 3.05) is 26.7 Å². The van der Waals surface area contributed by atoms with Crippen LogP contribution in [0.1, 0.15) is 48.3 Å². The Morgan fingerprint density at radius 1 is 1.33 bits per heavy atom. The van der Waals surface area contributed by atoms with Crippen molar-refractivity contribution in [3.8, 4) is 17.7 Å². The molecule has 2 aromatic rings. The number of amides is 1. The van der Waals surface area contributed by atoms with E-state index in [9.17, 15) is 9.90 Å². The third-order valence-electron chi connectivity index (χ3n) is 6.17. The maximum Gasteiger partial charge on any atom is 0.259 e. The molecule has 1 N–H and O–H groups in total. The highest BCUT2D eigenvalue weighted by Crippen LogP contribution is 2.29. The smallest absolute Gasteiger partial charge is 0.259 e. The van der Waals surface area contributed by atoms with Crippen molar-refractivity contribution in [1.29, 1.82) is 0 Å². The molecule has 0 unspecified atom stereocenters. The molecule has 1 saturated carbocycles. The minimum atomic E-state index is -0.306. The maximum atomic E-state index is 13.4. The van der Waals surface area contributed by atoms with Gasteiger partial charge in [-0.25, -0.2) is 4.98 Å². The summed E-state index contributed by atoms with van der Waals surface area (Å²) in [6, 6.07) is 7.36. The van der Waals surface area contributed by atoms with Crippen LogP contribution in [0.4, 0.5) is 0 Å². The standard InChI is InChI=1S/C26H32N4O3/c1-18-14-30(19(2)17-31)26(32)23-12-21(10-9-20-7-8-20)13-28-25(23)33-24(18)16-29(3)15-22-6-4-5-11-27-22/h4-6,11-13,18-20,24,31H,7-8,14-17H2,1-3H3/t18-,19+,24+/m0/s1. The number of carbonyl (C=O) groups is 1. The molecule has 174 valence electrons. The van der Waals surface area contributed by atoms with Gasteiger partial charge >= 0.3 is 0 Å². The molecule has 1 aliphatic heterocycles. The number of pyridine rings is 2. The molecule has 1 aliphatic carbocycles. The topological polar surface area (TPSA) is 78.8 Å². The van der Waals surface area contributed by atoms with E-state index in [0.29, 0.717) is 42.6 Å². The van der Waals surface area contributed by atoms with E-state index in [1.807, 2.05) is 32.2 Å². The van der Waals surface area contributed by atoms with Gasteiger partial charge in [0, 0.05) is 49.4 Å².